The molecule has 1 heteroatoms. The fourth-order valence-electron chi connectivity index (χ4n) is 4.47. The van der Waals surface area contributed by atoms with Crippen LogP contribution >= 0.6 is 0 Å². The maximum atomic E-state index is 3.76. The number of rotatable bonds is 6. The van der Waals surface area contributed by atoms with Crippen molar-refractivity contribution in [2.45, 2.75) is 44.6 Å². The summed E-state index contributed by atoms with van der Waals surface area (Å²) in [6.07, 6.45) is 4.54. The largest absolute Gasteiger partial charge is 0.314 e. The van der Waals surface area contributed by atoms with Gasteiger partial charge in [0.05, 0.1) is 0 Å². The van der Waals surface area contributed by atoms with Gasteiger partial charge in [0.2, 0.25) is 0 Å². The first-order valence-electron chi connectivity index (χ1n) is 10.2. The minimum atomic E-state index is 0.490. The van der Waals surface area contributed by atoms with Crippen LogP contribution in [0.3, 0.4) is 0 Å². The van der Waals surface area contributed by atoms with Crippen LogP contribution in [0.1, 0.15) is 47.1 Å². The molecule has 0 bridgehead atoms. The quantitative estimate of drug-likeness (QED) is 0.613. The van der Waals surface area contributed by atoms with E-state index < -0.39 is 0 Å². The minimum Gasteiger partial charge on any atom is -0.314 e. The van der Waals surface area contributed by atoms with Crippen LogP contribution in [0.5, 0.6) is 0 Å². The Morgan fingerprint density at radius 2 is 1.33 bits per heavy atom. The maximum Gasteiger partial charge on any atom is 0.0107 e. The third-order valence-electron chi connectivity index (χ3n) is 5.84. The Kier molecular flexibility index (Phi) is 5.69. The van der Waals surface area contributed by atoms with E-state index in [2.05, 4.69) is 91.1 Å². The second-order valence-corrected chi connectivity index (χ2v) is 7.78. The Morgan fingerprint density at radius 1 is 0.778 bits per heavy atom. The molecule has 0 aliphatic heterocycles. The zero-order valence-electron chi connectivity index (χ0n) is 16.2. The SMILES string of the molecule is CC(Cc1ccccc1)NCCC1c2ccccc2CCc2ccccc21. The molecule has 138 valence electrons. The number of fused-ring (bicyclic) bond motifs is 2. The normalized spacial score (nSPS) is 14.9. The lowest BCUT2D eigenvalue weighted by Gasteiger charge is -2.22. The van der Waals surface area contributed by atoms with Gasteiger partial charge < -0.3 is 5.32 Å². The Balaban J connectivity index is 1.46. The average Bonchev–Trinajstić information content (AvgIpc) is 2.86. The van der Waals surface area contributed by atoms with Crippen molar-refractivity contribution in [3.8, 4) is 0 Å². The van der Waals surface area contributed by atoms with Gasteiger partial charge >= 0.3 is 0 Å². The summed E-state index contributed by atoms with van der Waals surface area (Å²) in [6, 6.07) is 29.4. The number of hydrogen-bond donors (Lipinski definition) is 1. The molecule has 0 aromatic heterocycles. The Hall–Kier alpha value is -2.38. The van der Waals surface area contributed by atoms with Gasteiger partial charge in [-0.05, 0) is 67.0 Å². The Labute approximate surface area is 163 Å². The summed E-state index contributed by atoms with van der Waals surface area (Å²) in [6.45, 7) is 3.34. The number of aryl methyl sites for hydroxylation is 2. The molecule has 1 atom stereocenters. The molecule has 0 fully saturated rings. The smallest absolute Gasteiger partial charge is 0.0107 e. The molecule has 1 unspecified atom stereocenters. The van der Waals surface area contributed by atoms with E-state index in [0.717, 1.165) is 32.2 Å². The van der Waals surface area contributed by atoms with Crippen LogP contribution in [-0.2, 0) is 19.3 Å². The summed E-state index contributed by atoms with van der Waals surface area (Å²) >= 11 is 0. The van der Waals surface area contributed by atoms with Crippen LogP contribution in [0.15, 0.2) is 78.9 Å². The predicted octanol–water partition coefficient (Wildman–Crippen LogP) is 5.53. The third kappa shape index (κ3) is 4.31. The van der Waals surface area contributed by atoms with Crippen molar-refractivity contribution in [3.63, 3.8) is 0 Å². The van der Waals surface area contributed by atoms with E-state index in [1.165, 1.54) is 27.8 Å². The summed E-state index contributed by atoms with van der Waals surface area (Å²) in [7, 11) is 0. The van der Waals surface area contributed by atoms with Crippen LogP contribution in [-0.4, -0.2) is 12.6 Å². The number of nitrogens with one attached hydrogen (secondary N) is 1. The molecule has 1 aliphatic carbocycles. The number of benzene rings is 3. The highest BCUT2D eigenvalue weighted by molar-refractivity contribution is 5.44. The molecule has 27 heavy (non-hydrogen) atoms. The van der Waals surface area contributed by atoms with E-state index in [-0.39, 0.29) is 0 Å². The monoisotopic (exact) mass is 355 g/mol. The number of hydrogen-bond acceptors (Lipinski definition) is 1. The molecule has 0 spiro atoms. The van der Waals surface area contributed by atoms with Crippen LogP contribution in [0.4, 0.5) is 0 Å². The predicted molar refractivity (Wildman–Crippen MR) is 114 cm³/mol. The van der Waals surface area contributed by atoms with Gasteiger partial charge in [-0.25, -0.2) is 0 Å². The summed E-state index contributed by atoms with van der Waals surface area (Å²) < 4.78 is 0. The van der Waals surface area contributed by atoms with Crippen LogP contribution < -0.4 is 5.32 Å². The van der Waals surface area contributed by atoms with E-state index in [1.807, 2.05) is 0 Å². The highest BCUT2D eigenvalue weighted by Gasteiger charge is 2.22. The lowest BCUT2D eigenvalue weighted by Crippen LogP contribution is -2.30. The first-order chi connectivity index (χ1) is 13.3. The van der Waals surface area contributed by atoms with Gasteiger partial charge in [-0.2, -0.15) is 0 Å². The van der Waals surface area contributed by atoms with Gasteiger partial charge in [-0.1, -0.05) is 78.9 Å². The van der Waals surface area contributed by atoms with Crippen LogP contribution in [0.25, 0.3) is 0 Å². The van der Waals surface area contributed by atoms with E-state index >= 15 is 0 Å². The minimum absolute atomic E-state index is 0.490. The summed E-state index contributed by atoms with van der Waals surface area (Å²) in [4.78, 5) is 0. The van der Waals surface area contributed by atoms with E-state index in [4.69, 9.17) is 0 Å². The molecule has 0 saturated carbocycles. The first kappa shape index (κ1) is 18.0. The fourth-order valence-corrected chi connectivity index (χ4v) is 4.47. The molecule has 1 aliphatic rings. The van der Waals surface area contributed by atoms with Gasteiger partial charge in [-0.3, -0.25) is 0 Å². The molecule has 4 rings (SSSR count). The standard InChI is InChI=1S/C26H29N/c1-20(19-21-9-3-2-4-10-21)27-18-17-26-24-13-7-5-11-22(24)15-16-23-12-6-8-14-25(23)26/h2-14,20,26-27H,15-19H2,1H3. The third-order valence-corrected chi connectivity index (χ3v) is 5.84. The van der Waals surface area contributed by atoms with Crippen molar-refractivity contribution >= 4 is 0 Å². The van der Waals surface area contributed by atoms with Crippen molar-refractivity contribution < 1.29 is 0 Å². The van der Waals surface area contributed by atoms with Crippen molar-refractivity contribution in [3.05, 3.63) is 107 Å². The second kappa shape index (κ2) is 8.54. The van der Waals surface area contributed by atoms with Gasteiger partial charge in [-0.15, -0.1) is 0 Å². The van der Waals surface area contributed by atoms with Crippen molar-refractivity contribution in [2.24, 2.45) is 0 Å². The van der Waals surface area contributed by atoms with Crippen molar-refractivity contribution in [1.29, 1.82) is 0 Å². The molecular formula is C26H29N. The Bertz CT molecular complexity index is 821. The molecular weight excluding hydrogens is 326 g/mol. The fraction of sp³-hybridized carbons (Fsp3) is 0.308. The molecule has 0 heterocycles. The lowest BCUT2D eigenvalue weighted by molar-refractivity contribution is 0.519. The summed E-state index contributed by atoms with van der Waals surface area (Å²) in [5, 5.41) is 3.76. The highest BCUT2D eigenvalue weighted by Crippen LogP contribution is 2.36. The average molecular weight is 356 g/mol. The second-order valence-electron chi connectivity index (χ2n) is 7.78. The maximum absolute atomic E-state index is 3.76. The summed E-state index contributed by atoms with van der Waals surface area (Å²) in [5.74, 6) is 0.497. The molecule has 1 N–H and O–H groups in total. The topological polar surface area (TPSA) is 12.0 Å². The highest BCUT2D eigenvalue weighted by atomic mass is 14.9. The van der Waals surface area contributed by atoms with Crippen LogP contribution in [0, 0.1) is 0 Å². The van der Waals surface area contributed by atoms with E-state index in [9.17, 15) is 0 Å². The van der Waals surface area contributed by atoms with Gasteiger partial charge in [0.1, 0.15) is 0 Å². The molecule has 0 radical (unpaired) electrons. The van der Waals surface area contributed by atoms with Crippen molar-refractivity contribution in [1.82, 2.24) is 5.32 Å². The summed E-state index contributed by atoms with van der Waals surface area (Å²) in [5.41, 5.74) is 7.51. The van der Waals surface area contributed by atoms with Crippen LogP contribution in [0.2, 0.25) is 0 Å². The Morgan fingerprint density at radius 3 is 1.96 bits per heavy atom. The first-order valence-corrected chi connectivity index (χ1v) is 10.2. The van der Waals surface area contributed by atoms with Gasteiger partial charge in [0.25, 0.3) is 0 Å². The van der Waals surface area contributed by atoms with E-state index in [1.54, 1.807) is 0 Å². The van der Waals surface area contributed by atoms with Crippen molar-refractivity contribution in [2.75, 3.05) is 6.54 Å². The zero-order chi connectivity index (χ0) is 18.5. The molecule has 0 amide bonds. The van der Waals surface area contributed by atoms with Gasteiger partial charge in [0, 0.05) is 12.0 Å². The van der Waals surface area contributed by atoms with Gasteiger partial charge in [0.15, 0.2) is 0 Å². The molecule has 3 aromatic carbocycles. The molecule has 0 saturated heterocycles. The molecule has 1 nitrogen and oxygen atoms in total. The lowest BCUT2D eigenvalue weighted by atomic mass is 9.85. The zero-order valence-corrected chi connectivity index (χ0v) is 16.2. The van der Waals surface area contributed by atoms with E-state index in [0.29, 0.717) is 12.0 Å². The molecule has 3 aromatic rings.